The minimum Gasteiger partial charge on any atom is -0.508 e. The summed E-state index contributed by atoms with van der Waals surface area (Å²) >= 11 is 0. The first kappa shape index (κ1) is 43.8. The molecule has 4 aromatic rings. The third-order valence-corrected chi connectivity index (χ3v) is 6.68. The quantitative estimate of drug-likeness (QED) is 0.0813. The fourth-order valence-electron chi connectivity index (χ4n) is 3.86. The van der Waals surface area contributed by atoms with Crippen LogP contribution in [0.25, 0.3) is 0 Å². The van der Waals surface area contributed by atoms with E-state index >= 15 is 0 Å². The van der Waals surface area contributed by atoms with Gasteiger partial charge in [0, 0.05) is 18.9 Å². The molecule has 4 aromatic carbocycles. The average molecular weight is 673 g/mol. The zero-order valence-electron chi connectivity index (χ0n) is 29.4. The van der Waals surface area contributed by atoms with Crippen LogP contribution in [0.15, 0.2) is 103 Å². The maximum absolute atomic E-state index is 10.4. The van der Waals surface area contributed by atoms with Crippen molar-refractivity contribution in [3.63, 3.8) is 0 Å². The molecule has 0 amide bonds. The van der Waals surface area contributed by atoms with Crippen LogP contribution >= 0.6 is 0 Å². The number of carboxylic acids is 2. The van der Waals surface area contributed by atoms with Gasteiger partial charge in [0.05, 0.1) is 5.56 Å². The van der Waals surface area contributed by atoms with Gasteiger partial charge in [0.1, 0.15) is 18.6 Å². The highest BCUT2D eigenvalue weighted by Gasteiger charge is 1.97. The lowest BCUT2D eigenvalue weighted by Gasteiger charge is -1.99. The number of aromatic hydroxyl groups is 1. The number of unbranched alkanes of at least 4 members (excludes halogenated alkanes) is 4. The van der Waals surface area contributed by atoms with Crippen LogP contribution in [0.2, 0.25) is 0 Å². The second kappa shape index (κ2) is 27.8. The molecule has 0 aromatic heterocycles. The number of carboxylic acid groups (broad SMARTS) is 2. The van der Waals surface area contributed by atoms with E-state index in [0.717, 1.165) is 42.2 Å². The van der Waals surface area contributed by atoms with E-state index in [1.807, 2.05) is 80.6 Å². The van der Waals surface area contributed by atoms with Crippen molar-refractivity contribution in [1.29, 1.82) is 0 Å². The fraction of sp³-hybridized carbons (Fsp3) is 0.317. The van der Waals surface area contributed by atoms with Crippen molar-refractivity contribution in [1.82, 2.24) is 0 Å². The monoisotopic (exact) mass is 672 g/mol. The molecule has 0 saturated carbocycles. The Morgan fingerprint density at radius 1 is 0.714 bits per heavy atom. The van der Waals surface area contributed by atoms with E-state index in [0.29, 0.717) is 24.3 Å². The number of esters is 1. The van der Waals surface area contributed by atoms with Crippen LogP contribution in [0.3, 0.4) is 0 Å². The zero-order valence-corrected chi connectivity index (χ0v) is 29.4. The smallest absolute Gasteiger partial charge is 0.335 e. The van der Waals surface area contributed by atoms with Gasteiger partial charge in [0.25, 0.3) is 0 Å². The summed E-state index contributed by atoms with van der Waals surface area (Å²) in [6.45, 7) is 9.92. The van der Waals surface area contributed by atoms with Gasteiger partial charge in [-0.1, -0.05) is 130 Å². The van der Waals surface area contributed by atoms with Crippen LogP contribution in [0, 0.1) is 13.8 Å². The predicted molar refractivity (Wildman–Crippen MR) is 195 cm³/mol. The fourth-order valence-corrected chi connectivity index (χ4v) is 3.86. The van der Waals surface area contributed by atoms with Gasteiger partial charge in [0.2, 0.25) is 0 Å². The molecule has 3 N–H and O–H groups in total. The Labute approximate surface area is 291 Å². The van der Waals surface area contributed by atoms with Gasteiger partial charge in [-0.25, -0.2) is 4.79 Å². The first-order chi connectivity index (χ1) is 23.4. The molecule has 0 bridgehead atoms. The number of rotatable bonds is 11. The van der Waals surface area contributed by atoms with Crippen molar-refractivity contribution in [3.8, 4) is 5.75 Å². The van der Waals surface area contributed by atoms with E-state index in [1.165, 1.54) is 37.3 Å². The van der Waals surface area contributed by atoms with Gasteiger partial charge in [-0.2, -0.15) is 0 Å². The summed E-state index contributed by atoms with van der Waals surface area (Å²) in [5.74, 6) is -1.42. The normalized spacial score (nSPS) is 9.33. The van der Waals surface area contributed by atoms with Crippen LogP contribution in [0.1, 0.15) is 102 Å². The summed E-state index contributed by atoms with van der Waals surface area (Å²) in [4.78, 5) is 40.8. The van der Waals surface area contributed by atoms with Crippen molar-refractivity contribution in [2.24, 2.45) is 0 Å². The molecule has 8 nitrogen and oxygen atoms in total. The predicted octanol–water partition coefficient (Wildman–Crippen LogP) is 9.64. The van der Waals surface area contributed by atoms with Gasteiger partial charge in [-0.05, 0) is 61.6 Å². The summed E-state index contributed by atoms with van der Waals surface area (Å²) < 4.78 is 4.79. The van der Waals surface area contributed by atoms with E-state index in [-0.39, 0.29) is 5.97 Å². The molecular formula is C41H52O8. The summed E-state index contributed by atoms with van der Waals surface area (Å²) in [6.07, 6.45) is 7.77. The molecule has 264 valence electrons. The first-order valence-corrected chi connectivity index (χ1v) is 16.4. The molecule has 0 atom stereocenters. The number of hydrogen-bond acceptors (Lipinski definition) is 6. The molecular weight excluding hydrogens is 620 g/mol. The Balaban J connectivity index is 0.000000589. The number of phenols is 1. The first-order valence-electron chi connectivity index (χ1n) is 16.4. The number of carbonyl (C=O) groups excluding carboxylic acids is 2. The molecule has 0 aliphatic rings. The van der Waals surface area contributed by atoms with E-state index < -0.39 is 11.9 Å². The Morgan fingerprint density at radius 3 is 1.71 bits per heavy atom. The SMILES string of the molecule is CC(=O)OCc1ccccc1.CCCCCCCC(=O)O.CCc1ccc(C=O)cc1.Cc1ccc(O)c(C)c1.O=C(O)c1ccccc1. The summed E-state index contributed by atoms with van der Waals surface area (Å²) in [6, 6.07) is 31.1. The second-order valence-electron chi connectivity index (χ2n) is 11.0. The van der Waals surface area contributed by atoms with Crippen LogP contribution in [-0.4, -0.2) is 39.5 Å². The molecule has 0 unspecified atom stereocenters. The van der Waals surface area contributed by atoms with Gasteiger partial charge >= 0.3 is 17.9 Å². The van der Waals surface area contributed by atoms with Gasteiger partial charge in [0.15, 0.2) is 0 Å². The lowest BCUT2D eigenvalue weighted by atomic mass is 10.1. The lowest BCUT2D eigenvalue weighted by molar-refractivity contribution is -0.142. The highest BCUT2D eigenvalue weighted by atomic mass is 16.5. The van der Waals surface area contributed by atoms with Crippen molar-refractivity contribution in [2.45, 2.75) is 86.2 Å². The van der Waals surface area contributed by atoms with Crippen molar-refractivity contribution < 1.29 is 39.2 Å². The van der Waals surface area contributed by atoms with Crippen LogP contribution < -0.4 is 0 Å². The van der Waals surface area contributed by atoms with Crippen LogP contribution in [-0.2, 0) is 27.4 Å². The number of carbonyl (C=O) groups is 4. The number of aryl methyl sites for hydroxylation is 3. The molecule has 0 spiro atoms. The Kier molecular flexibility index (Phi) is 24.9. The largest absolute Gasteiger partial charge is 0.508 e. The minimum atomic E-state index is -0.879. The Bertz CT molecular complexity index is 1470. The van der Waals surface area contributed by atoms with E-state index in [4.69, 9.17) is 20.1 Å². The van der Waals surface area contributed by atoms with E-state index in [1.54, 1.807) is 36.4 Å². The van der Waals surface area contributed by atoms with Gasteiger partial charge in [-0.3, -0.25) is 14.4 Å². The molecule has 0 heterocycles. The van der Waals surface area contributed by atoms with E-state index in [9.17, 15) is 19.2 Å². The van der Waals surface area contributed by atoms with E-state index in [2.05, 4.69) is 13.8 Å². The standard InChI is InChI=1S/C9H10O2.C9H10O.C8H16O2.C8H10O.C7H6O2/c1-8(10)11-7-9-5-3-2-4-6-9;1-2-8-3-5-9(7-10)6-4-8;1-2-3-4-5-6-7-8(9)10;1-6-3-4-8(9)7(2)5-6;8-7(9)6-4-2-1-3-5-6/h2-6H,7H2,1H3;3-7H,2H2,1H3;2-7H2,1H3,(H,9,10);3-5,9H,1-2H3;1-5H,(H,8,9). The maximum Gasteiger partial charge on any atom is 0.335 e. The lowest BCUT2D eigenvalue weighted by Crippen LogP contribution is -1.97. The maximum atomic E-state index is 10.4. The summed E-state index contributed by atoms with van der Waals surface area (Å²) in [7, 11) is 0. The number of aldehydes is 1. The molecule has 4 rings (SSSR count). The van der Waals surface area contributed by atoms with Crippen molar-refractivity contribution in [3.05, 3.63) is 137 Å². The van der Waals surface area contributed by atoms with Gasteiger partial charge in [-0.15, -0.1) is 0 Å². The molecule has 0 aliphatic carbocycles. The molecule has 0 saturated heterocycles. The number of hydrogen-bond donors (Lipinski definition) is 3. The number of ether oxygens (including phenoxy) is 1. The van der Waals surface area contributed by atoms with Gasteiger partial charge < -0.3 is 20.1 Å². The molecule has 0 fully saturated rings. The van der Waals surface area contributed by atoms with Crippen molar-refractivity contribution >= 4 is 24.2 Å². The minimum absolute atomic E-state index is 0.242. The van der Waals surface area contributed by atoms with Crippen LogP contribution in [0.5, 0.6) is 5.75 Å². The number of aromatic carboxylic acids is 1. The Hall–Kier alpha value is -5.24. The summed E-state index contributed by atoms with van der Waals surface area (Å²) in [5, 5.41) is 25.7. The number of aliphatic carboxylic acids is 1. The molecule has 0 radical (unpaired) electrons. The zero-order chi connectivity index (χ0) is 36.9. The number of phenolic OH excluding ortho intramolecular Hbond substituents is 1. The molecule has 0 aliphatic heterocycles. The molecule has 49 heavy (non-hydrogen) atoms. The number of benzene rings is 4. The summed E-state index contributed by atoms with van der Waals surface area (Å²) in [5.41, 5.74) is 5.49. The highest BCUT2D eigenvalue weighted by molar-refractivity contribution is 5.87. The second-order valence-corrected chi connectivity index (χ2v) is 11.0. The molecule has 8 heteroatoms. The van der Waals surface area contributed by atoms with Crippen LogP contribution in [0.4, 0.5) is 0 Å². The third kappa shape index (κ3) is 24.6. The average Bonchev–Trinajstić information content (AvgIpc) is 3.11. The highest BCUT2D eigenvalue weighted by Crippen LogP contribution is 2.15. The van der Waals surface area contributed by atoms with Crippen molar-refractivity contribution in [2.75, 3.05) is 0 Å². The topological polar surface area (TPSA) is 138 Å². The Morgan fingerprint density at radius 2 is 1.29 bits per heavy atom. The third-order valence-electron chi connectivity index (χ3n) is 6.68.